The molecule has 2 N–H and O–H groups in total. The molecule has 9 heteroatoms. The molecule has 7 nitrogen and oxygen atoms in total. The van der Waals surface area contributed by atoms with Gasteiger partial charge in [0, 0.05) is 15.9 Å². The maximum Gasteiger partial charge on any atom is 0.298 e. The fourth-order valence-corrected chi connectivity index (χ4v) is 4.41. The molecule has 0 atom stereocenters. The smallest absolute Gasteiger partial charge is 0.298 e. The molecule has 0 aliphatic carbocycles. The van der Waals surface area contributed by atoms with Crippen LogP contribution in [-0.4, -0.2) is 19.9 Å². The second kappa shape index (κ2) is 7.20. The second-order valence-corrected chi connectivity index (χ2v) is 7.59. The summed E-state index contributed by atoms with van der Waals surface area (Å²) >= 11 is 1.15. The Hall–Kier alpha value is -2.10. The molecule has 0 heterocycles. The van der Waals surface area contributed by atoms with Gasteiger partial charge in [0.15, 0.2) is 0 Å². The molecule has 128 valence electrons. The van der Waals surface area contributed by atoms with Gasteiger partial charge in [0.1, 0.15) is 10.6 Å². The van der Waals surface area contributed by atoms with Crippen LogP contribution in [0.3, 0.4) is 0 Å². The lowest BCUT2D eigenvalue weighted by atomic mass is 10.2. The van der Waals surface area contributed by atoms with E-state index in [0.29, 0.717) is 9.79 Å². The van der Waals surface area contributed by atoms with Gasteiger partial charge < -0.3 is 5.73 Å². The van der Waals surface area contributed by atoms with Crippen LogP contribution in [-0.2, 0) is 14.3 Å². The van der Waals surface area contributed by atoms with E-state index < -0.39 is 15.0 Å². The summed E-state index contributed by atoms with van der Waals surface area (Å²) in [7, 11) is -3.87. The van der Waals surface area contributed by atoms with Crippen LogP contribution in [0.5, 0.6) is 0 Å². The molecule has 0 saturated carbocycles. The van der Waals surface area contributed by atoms with E-state index >= 15 is 0 Å². The van der Waals surface area contributed by atoms with Gasteiger partial charge in [-0.3, -0.25) is 14.3 Å². The zero-order chi connectivity index (χ0) is 17.9. The van der Waals surface area contributed by atoms with E-state index in [4.69, 9.17) is 9.92 Å². The van der Waals surface area contributed by atoms with E-state index in [9.17, 15) is 18.5 Å². The molecule has 2 aromatic carbocycles. The van der Waals surface area contributed by atoms with Crippen molar-refractivity contribution < 1.29 is 17.5 Å². The largest absolute Gasteiger partial charge is 0.393 e. The third-order valence-corrected chi connectivity index (χ3v) is 5.68. The van der Waals surface area contributed by atoms with Crippen molar-refractivity contribution in [3.63, 3.8) is 0 Å². The zero-order valence-corrected chi connectivity index (χ0v) is 14.7. The predicted molar refractivity (Wildman–Crippen MR) is 91.6 cm³/mol. The summed E-state index contributed by atoms with van der Waals surface area (Å²) in [5.74, 6) is 0. The summed E-state index contributed by atoms with van der Waals surface area (Å²) in [6.45, 7) is 3.46. The lowest BCUT2D eigenvalue weighted by Gasteiger charge is -2.11. The standard InChI is InChI=1S/C15H16N2O5S2/c1-3-22-24(20,21)15-7-4-10(2)8-14(15)23-11-5-6-13(17(18)19)12(16)9-11/h4-9H,3,16H2,1-2H3. The van der Waals surface area contributed by atoms with Gasteiger partial charge in [-0.1, -0.05) is 17.8 Å². The number of aryl methyl sites for hydroxylation is 1. The van der Waals surface area contributed by atoms with E-state index in [1.165, 1.54) is 24.3 Å². The molecule has 2 aromatic rings. The Labute approximate surface area is 144 Å². The summed E-state index contributed by atoms with van der Waals surface area (Å²) in [5, 5.41) is 10.8. The molecule has 0 radical (unpaired) electrons. The third kappa shape index (κ3) is 4.05. The molecule has 0 saturated heterocycles. The first-order valence-electron chi connectivity index (χ1n) is 6.96. The van der Waals surface area contributed by atoms with Crippen molar-refractivity contribution in [3.8, 4) is 0 Å². The van der Waals surface area contributed by atoms with Crippen LogP contribution in [0.15, 0.2) is 51.1 Å². The minimum Gasteiger partial charge on any atom is -0.393 e. The van der Waals surface area contributed by atoms with Gasteiger partial charge in [0.25, 0.3) is 15.8 Å². The highest BCUT2D eigenvalue weighted by Crippen LogP contribution is 2.36. The molecule has 24 heavy (non-hydrogen) atoms. The maximum absolute atomic E-state index is 12.2. The number of benzene rings is 2. The lowest BCUT2D eigenvalue weighted by molar-refractivity contribution is -0.383. The van der Waals surface area contributed by atoms with Gasteiger partial charge in [0.05, 0.1) is 11.5 Å². The molecular weight excluding hydrogens is 352 g/mol. The van der Waals surface area contributed by atoms with Crippen LogP contribution < -0.4 is 5.73 Å². The Bertz CT molecular complexity index is 881. The summed E-state index contributed by atoms with van der Waals surface area (Å²) in [5.41, 5.74) is 6.39. The van der Waals surface area contributed by atoms with Crippen LogP contribution in [0.4, 0.5) is 11.4 Å². The van der Waals surface area contributed by atoms with Crippen LogP contribution in [0.25, 0.3) is 0 Å². The SMILES string of the molecule is CCOS(=O)(=O)c1ccc(C)cc1Sc1ccc([N+](=O)[O-])c(N)c1. The minimum absolute atomic E-state index is 0.0202. The highest BCUT2D eigenvalue weighted by atomic mass is 32.2. The lowest BCUT2D eigenvalue weighted by Crippen LogP contribution is -2.07. The number of nitrogen functional groups attached to an aromatic ring is 1. The average Bonchev–Trinajstić information content (AvgIpc) is 2.46. The fourth-order valence-electron chi connectivity index (χ4n) is 2.01. The van der Waals surface area contributed by atoms with Crippen molar-refractivity contribution in [3.05, 3.63) is 52.1 Å². The first kappa shape index (κ1) is 18.2. The Morgan fingerprint density at radius 2 is 1.96 bits per heavy atom. The topological polar surface area (TPSA) is 113 Å². The number of nitrogens with zero attached hydrogens (tertiary/aromatic N) is 1. The van der Waals surface area contributed by atoms with Gasteiger partial charge in [-0.15, -0.1) is 0 Å². The number of hydrogen-bond donors (Lipinski definition) is 1. The van der Waals surface area contributed by atoms with Gasteiger partial charge >= 0.3 is 0 Å². The maximum atomic E-state index is 12.2. The summed E-state index contributed by atoms with van der Waals surface area (Å²) < 4.78 is 29.3. The van der Waals surface area contributed by atoms with Gasteiger partial charge in [-0.25, -0.2) is 0 Å². The quantitative estimate of drug-likeness (QED) is 0.360. The van der Waals surface area contributed by atoms with Gasteiger partial charge in [0.2, 0.25) is 0 Å². The molecular formula is C15H16N2O5S2. The second-order valence-electron chi connectivity index (χ2n) is 4.89. The third-order valence-electron chi connectivity index (χ3n) is 3.07. The Morgan fingerprint density at radius 3 is 2.54 bits per heavy atom. The molecule has 0 aromatic heterocycles. The summed E-state index contributed by atoms with van der Waals surface area (Å²) in [4.78, 5) is 11.4. The number of hydrogen-bond acceptors (Lipinski definition) is 7. The average molecular weight is 368 g/mol. The normalized spacial score (nSPS) is 11.4. The molecule has 0 spiro atoms. The van der Waals surface area contributed by atoms with Crippen molar-refractivity contribution in [1.82, 2.24) is 0 Å². The number of rotatable bonds is 6. The molecule has 0 bridgehead atoms. The monoisotopic (exact) mass is 368 g/mol. The van der Waals surface area contributed by atoms with Crippen LogP contribution in [0.2, 0.25) is 0 Å². The van der Waals surface area contributed by atoms with Crippen molar-refractivity contribution in [1.29, 1.82) is 0 Å². The summed E-state index contributed by atoms with van der Waals surface area (Å²) in [6, 6.07) is 9.15. The van der Waals surface area contributed by atoms with Crippen molar-refractivity contribution in [2.75, 3.05) is 12.3 Å². The van der Waals surface area contributed by atoms with Gasteiger partial charge in [-0.2, -0.15) is 8.42 Å². The first-order chi connectivity index (χ1) is 11.2. The minimum atomic E-state index is -3.87. The molecule has 0 fully saturated rings. The fraction of sp³-hybridized carbons (Fsp3) is 0.200. The predicted octanol–water partition coefficient (Wildman–Crippen LogP) is 3.36. The van der Waals surface area contributed by atoms with Crippen molar-refractivity contribution >= 4 is 33.3 Å². The number of nitro groups is 1. The highest BCUT2D eigenvalue weighted by molar-refractivity contribution is 8.00. The van der Waals surface area contributed by atoms with Crippen LogP contribution in [0, 0.1) is 17.0 Å². The van der Waals surface area contributed by atoms with E-state index in [1.807, 2.05) is 6.92 Å². The molecule has 2 rings (SSSR count). The zero-order valence-electron chi connectivity index (χ0n) is 13.1. The van der Waals surface area contributed by atoms with E-state index in [1.54, 1.807) is 19.1 Å². The van der Waals surface area contributed by atoms with Crippen molar-refractivity contribution in [2.24, 2.45) is 0 Å². The molecule has 0 aliphatic heterocycles. The van der Waals surface area contributed by atoms with Crippen LogP contribution >= 0.6 is 11.8 Å². The summed E-state index contributed by atoms with van der Waals surface area (Å²) in [6.07, 6.45) is 0. The number of anilines is 1. The van der Waals surface area contributed by atoms with Crippen LogP contribution in [0.1, 0.15) is 12.5 Å². The van der Waals surface area contributed by atoms with Gasteiger partial charge in [-0.05, 0) is 43.7 Å². The first-order valence-corrected chi connectivity index (χ1v) is 9.19. The number of nitrogens with two attached hydrogens (primary N) is 1. The Balaban J connectivity index is 2.45. The number of nitro benzene ring substituents is 1. The van der Waals surface area contributed by atoms with E-state index in [0.717, 1.165) is 17.3 Å². The Kier molecular flexibility index (Phi) is 5.47. The van der Waals surface area contributed by atoms with E-state index in [-0.39, 0.29) is 22.9 Å². The molecule has 0 amide bonds. The van der Waals surface area contributed by atoms with E-state index in [2.05, 4.69) is 0 Å². The molecule has 0 aliphatic rings. The molecule has 0 unspecified atom stereocenters. The Morgan fingerprint density at radius 1 is 1.25 bits per heavy atom. The highest BCUT2D eigenvalue weighted by Gasteiger charge is 2.20. The van der Waals surface area contributed by atoms with Crippen molar-refractivity contribution in [2.45, 2.75) is 28.5 Å².